The maximum Gasteiger partial charge on any atom is 0.267 e. The Balaban J connectivity index is 2.56. The molecule has 1 aliphatic rings. The lowest BCUT2D eigenvalue weighted by Crippen LogP contribution is -2.41. The molecule has 0 saturated heterocycles. The van der Waals surface area contributed by atoms with Crippen molar-refractivity contribution in [2.45, 2.75) is 24.8 Å². The van der Waals surface area contributed by atoms with Gasteiger partial charge in [-0.05, 0) is 26.0 Å². The molecule has 1 aromatic rings. The topological polar surface area (TPSA) is 70.6 Å². The molecule has 0 atom stereocenters. The predicted octanol–water partition coefficient (Wildman–Crippen LogP) is 1.81. The fourth-order valence-corrected chi connectivity index (χ4v) is 3.20. The number of nitrogens with zero attached hydrogens (tertiary/aromatic N) is 1. The van der Waals surface area contributed by atoms with Gasteiger partial charge in [0.2, 0.25) is 5.96 Å². The van der Waals surface area contributed by atoms with E-state index < -0.39 is 10.0 Å². The molecule has 0 fully saturated rings. The zero-order valence-electron chi connectivity index (χ0n) is 9.36. The van der Waals surface area contributed by atoms with Gasteiger partial charge in [-0.1, -0.05) is 17.7 Å². The molecule has 2 rings (SSSR count). The summed E-state index contributed by atoms with van der Waals surface area (Å²) in [6.07, 6.45) is 0. The summed E-state index contributed by atoms with van der Waals surface area (Å²) in [5.74, 6) is 0.217. The van der Waals surface area contributed by atoms with Gasteiger partial charge in [-0.15, -0.1) is 0 Å². The summed E-state index contributed by atoms with van der Waals surface area (Å²) in [5.41, 5.74) is 0.440. The first kappa shape index (κ1) is 12.2. The summed E-state index contributed by atoms with van der Waals surface area (Å²) in [7, 11) is -3.64. The molecule has 7 heteroatoms. The molecule has 1 aliphatic heterocycles. The first-order valence-corrected chi connectivity index (χ1v) is 6.92. The first-order valence-electron chi connectivity index (χ1n) is 5.06. The highest BCUT2D eigenvalue weighted by molar-refractivity contribution is 7.90. The van der Waals surface area contributed by atoms with Crippen molar-refractivity contribution in [2.24, 2.45) is 4.99 Å². The molecule has 0 saturated carbocycles. The van der Waals surface area contributed by atoms with E-state index in [9.17, 15) is 8.42 Å². The molecule has 0 unspecified atom stereocenters. The van der Waals surface area contributed by atoms with Crippen LogP contribution in [0.5, 0.6) is 0 Å². The van der Waals surface area contributed by atoms with Crippen molar-refractivity contribution in [2.75, 3.05) is 5.32 Å². The summed E-state index contributed by atoms with van der Waals surface area (Å²) < 4.78 is 26.3. The molecule has 1 aromatic carbocycles. The van der Waals surface area contributed by atoms with Gasteiger partial charge in [0.05, 0.1) is 10.7 Å². The number of aliphatic imine (C=N–C) groups is 1. The van der Waals surface area contributed by atoms with Gasteiger partial charge in [0.1, 0.15) is 4.90 Å². The lowest BCUT2D eigenvalue weighted by Gasteiger charge is -2.22. The minimum atomic E-state index is -3.64. The molecular weight excluding hydrogens is 262 g/mol. The number of sulfonamides is 1. The van der Waals surface area contributed by atoms with Crippen molar-refractivity contribution in [3.63, 3.8) is 0 Å². The van der Waals surface area contributed by atoms with Crippen LogP contribution < -0.4 is 10.0 Å². The fraction of sp³-hybridized carbons (Fsp3) is 0.300. The van der Waals surface area contributed by atoms with Crippen molar-refractivity contribution >= 4 is 33.3 Å². The number of fused-ring (bicyclic) bond motifs is 1. The Hall–Kier alpha value is -1.27. The molecular formula is C10H12ClN3O2S. The van der Waals surface area contributed by atoms with E-state index >= 15 is 0 Å². The molecule has 0 bridgehead atoms. The van der Waals surface area contributed by atoms with Crippen molar-refractivity contribution in [3.05, 3.63) is 23.2 Å². The average molecular weight is 274 g/mol. The first-order chi connectivity index (χ1) is 7.90. The van der Waals surface area contributed by atoms with Crippen LogP contribution in [0.25, 0.3) is 0 Å². The van der Waals surface area contributed by atoms with Gasteiger partial charge in [0, 0.05) is 6.04 Å². The van der Waals surface area contributed by atoms with Crippen LogP contribution in [0.4, 0.5) is 5.69 Å². The van der Waals surface area contributed by atoms with Gasteiger partial charge in [0.15, 0.2) is 0 Å². The lowest BCUT2D eigenvalue weighted by atomic mass is 10.3. The van der Waals surface area contributed by atoms with Crippen LogP contribution in [0.2, 0.25) is 5.02 Å². The number of hydrogen-bond donors (Lipinski definition) is 2. The van der Waals surface area contributed by atoms with Crippen LogP contribution in [0, 0.1) is 0 Å². The standard InChI is InChI=1S/C10H12ClN3O2S/c1-6(2)12-10-13-8-5-3-4-7(11)9(8)17(15,16)14-10/h3-6H,1-2H3,(H2,12,13,14). The van der Waals surface area contributed by atoms with Crippen molar-refractivity contribution in [1.82, 2.24) is 4.72 Å². The molecule has 1 heterocycles. The molecule has 0 aliphatic carbocycles. The van der Waals surface area contributed by atoms with Crippen molar-refractivity contribution in [1.29, 1.82) is 0 Å². The SMILES string of the molecule is CC(C)N=C1Nc2cccc(Cl)c2S(=O)(=O)N1. The molecule has 2 N–H and O–H groups in total. The molecule has 0 amide bonds. The third-order valence-electron chi connectivity index (χ3n) is 2.11. The largest absolute Gasteiger partial charge is 0.324 e. The third kappa shape index (κ3) is 2.37. The molecule has 0 radical (unpaired) electrons. The van der Waals surface area contributed by atoms with E-state index in [0.29, 0.717) is 5.69 Å². The Bertz CT molecular complexity index is 581. The van der Waals surface area contributed by atoms with E-state index in [4.69, 9.17) is 11.6 Å². The molecule has 0 spiro atoms. The highest BCUT2D eigenvalue weighted by Gasteiger charge is 2.28. The van der Waals surface area contributed by atoms with E-state index in [1.807, 2.05) is 13.8 Å². The normalized spacial score (nSPS) is 19.6. The minimum Gasteiger partial charge on any atom is -0.324 e. The van der Waals surface area contributed by atoms with E-state index in [0.717, 1.165) is 0 Å². The fourth-order valence-electron chi connectivity index (χ4n) is 1.53. The molecule has 17 heavy (non-hydrogen) atoms. The van der Waals surface area contributed by atoms with Gasteiger partial charge in [0.25, 0.3) is 10.0 Å². The Morgan fingerprint density at radius 2 is 2.06 bits per heavy atom. The van der Waals surface area contributed by atoms with Crippen LogP contribution >= 0.6 is 11.6 Å². The highest BCUT2D eigenvalue weighted by atomic mass is 35.5. The zero-order valence-corrected chi connectivity index (χ0v) is 10.9. The smallest absolute Gasteiger partial charge is 0.267 e. The van der Waals surface area contributed by atoms with Gasteiger partial charge in [-0.25, -0.2) is 18.1 Å². The lowest BCUT2D eigenvalue weighted by molar-refractivity contribution is 0.591. The van der Waals surface area contributed by atoms with E-state index in [-0.39, 0.29) is 21.9 Å². The van der Waals surface area contributed by atoms with Gasteiger partial charge in [-0.3, -0.25) is 0 Å². The summed E-state index contributed by atoms with van der Waals surface area (Å²) in [5, 5.41) is 3.09. The Labute approximate surface area is 105 Å². The molecule has 0 aromatic heterocycles. The summed E-state index contributed by atoms with van der Waals surface area (Å²) >= 11 is 5.88. The monoisotopic (exact) mass is 273 g/mol. The van der Waals surface area contributed by atoms with Crippen LogP contribution in [0.15, 0.2) is 28.1 Å². The Kier molecular flexibility index (Phi) is 3.01. The second-order valence-corrected chi connectivity index (χ2v) is 5.94. The minimum absolute atomic E-state index is 0.0130. The number of benzene rings is 1. The number of halogens is 1. The Morgan fingerprint density at radius 3 is 2.71 bits per heavy atom. The number of hydrogen-bond acceptors (Lipinski definition) is 3. The van der Waals surface area contributed by atoms with Gasteiger partial charge in [-0.2, -0.15) is 0 Å². The zero-order chi connectivity index (χ0) is 12.6. The van der Waals surface area contributed by atoms with Gasteiger partial charge < -0.3 is 5.32 Å². The maximum atomic E-state index is 12.0. The quantitative estimate of drug-likeness (QED) is 0.820. The maximum absolute atomic E-state index is 12.0. The third-order valence-corrected chi connectivity index (χ3v) is 3.97. The number of guanidine groups is 1. The second-order valence-electron chi connectivity index (χ2n) is 3.92. The van der Waals surface area contributed by atoms with E-state index in [2.05, 4.69) is 15.0 Å². The average Bonchev–Trinajstić information content (AvgIpc) is 2.13. The second kappa shape index (κ2) is 4.19. The molecule has 5 nitrogen and oxygen atoms in total. The van der Waals surface area contributed by atoms with Crippen LogP contribution in [-0.4, -0.2) is 20.4 Å². The van der Waals surface area contributed by atoms with Crippen LogP contribution in [-0.2, 0) is 10.0 Å². The number of rotatable bonds is 1. The number of anilines is 1. The van der Waals surface area contributed by atoms with Crippen molar-refractivity contribution in [3.8, 4) is 0 Å². The molecule has 92 valence electrons. The van der Waals surface area contributed by atoms with E-state index in [1.165, 1.54) is 6.07 Å². The summed E-state index contributed by atoms with van der Waals surface area (Å²) in [6, 6.07) is 4.85. The summed E-state index contributed by atoms with van der Waals surface area (Å²) in [4.78, 5) is 4.19. The highest BCUT2D eigenvalue weighted by Crippen LogP contribution is 2.31. The van der Waals surface area contributed by atoms with Crippen LogP contribution in [0.1, 0.15) is 13.8 Å². The van der Waals surface area contributed by atoms with Gasteiger partial charge >= 0.3 is 0 Å². The van der Waals surface area contributed by atoms with Crippen LogP contribution in [0.3, 0.4) is 0 Å². The number of nitrogens with one attached hydrogen (secondary N) is 2. The summed E-state index contributed by atoms with van der Waals surface area (Å²) in [6.45, 7) is 3.72. The predicted molar refractivity (Wildman–Crippen MR) is 68.0 cm³/mol. The Morgan fingerprint density at radius 1 is 1.35 bits per heavy atom. The van der Waals surface area contributed by atoms with E-state index in [1.54, 1.807) is 12.1 Å². The van der Waals surface area contributed by atoms with Crippen molar-refractivity contribution < 1.29 is 8.42 Å².